The number of hydrogen-bond donors (Lipinski definition) is 5. The Balaban J connectivity index is 0. The van der Waals surface area contributed by atoms with Crippen molar-refractivity contribution in [2.24, 2.45) is 0 Å². The van der Waals surface area contributed by atoms with Crippen LogP contribution in [0.5, 0.6) is 0 Å². The molecule has 0 aliphatic rings. The van der Waals surface area contributed by atoms with E-state index in [1.165, 1.54) is 64.2 Å². The quantitative estimate of drug-likeness (QED) is 0.126. The summed E-state index contributed by atoms with van der Waals surface area (Å²) in [5.74, 6) is 0. The Kier molecular flexibility index (Phi) is 26.3. The Morgan fingerprint density at radius 1 is 0.710 bits per heavy atom. The van der Waals surface area contributed by atoms with Crippen LogP contribution in [0.4, 0.5) is 0 Å². The van der Waals surface area contributed by atoms with Crippen molar-refractivity contribution in [3.63, 3.8) is 0 Å². The number of hydrogen-bond acceptors (Lipinski definition) is 6. The number of nitrogens with zero attached hydrogens (tertiary/aromatic N) is 1. The summed E-state index contributed by atoms with van der Waals surface area (Å²) < 4.78 is 15.2. The lowest BCUT2D eigenvalue weighted by molar-refractivity contribution is 0.135. The zero-order valence-corrected chi connectivity index (χ0v) is 20.9. The number of rotatable bonds is 21. The summed E-state index contributed by atoms with van der Waals surface area (Å²) in [5.41, 5.74) is 0. The average molecular weight is 472 g/mol. The molecule has 5 N–H and O–H groups in total. The average Bonchev–Trinajstić information content (AvgIpc) is 2.68. The molecule has 0 amide bonds. The van der Waals surface area contributed by atoms with E-state index in [2.05, 4.69) is 11.4 Å². The Labute approximate surface area is 190 Å². The summed E-state index contributed by atoms with van der Waals surface area (Å²) in [7, 11) is -4.31. The predicted octanol–water partition coefficient (Wildman–Crippen LogP) is 3.84. The van der Waals surface area contributed by atoms with Crippen LogP contribution >= 0.6 is 7.82 Å². The minimum atomic E-state index is -4.31. The number of unbranched alkanes of at least 4 members (excludes halogenated alkanes) is 11. The van der Waals surface area contributed by atoms with Gasteiger partial charge in [0.15, 0.2) is 0 Å². The second-order valence-electron chi connectivity index (χ2n) is 8.10. The Morgan fingerprint density at radius 2 is 1.06 bits per heavy atom. The molecule has 190 valence electrons. The molecule has 0 heterocycles. The molecule has 0 aliphatic carbocycles. The van der Waals surface area contributed by atoms with E-state index in [4.69, 9.17) is 25.1 Å². The van der Waals surface area contributed by atoms with Gasteiger partial charge in [0.2, 0.25) is 0 Å². The highest BCUT2D eigenvalue weighted by Crippen LogP contribution is 2.38. The highest BCUT2D eigenvalue weighted by atomic mass is 31.2. The standard InChI is InChI=1S/C16H35O4P.C6H15NO3/c1-3-4-5-6-7-8-9-10-11-12-13-14-15-16(2)20-21(17,18)19;8-4-1-7(2-5-9)3-6-10/h16H,3-15H2,1-2H3,(H2,17,18,19);8-10H,1-6H2. The Morgan fingerprint density at radius 3 is 1.39 bits per heavy atom. The highest BCUT2D eigenvalue weighted by Gasteiger charge is 2.18. The van der Waals surface area contributed by atoms with Crippen molar-refractivity contribution < 1.29 is 34.2 Å². The molecule has 0 aromatic carbocycles. The summed E-state index contributed by atoms with van der Waals surface area (Å²) in [5, 5.41) is 25.5. The van der Waals surface area contributed by atoms with Gasteiger partial charge in [0, 0.05) is 19.6 Å². The van der Waals surface area contributed by atoms with E-state index in [1.807, 2.05) is 0 Å². The summed E-state index contributed by atoms with van der Waals surface area (Å²) in [6.07, 6.45) is 15.9. The van der Waals surface area contributed by atoms with Gasteiger partial charge in [-0.2, -0.15) is 0 Å². The number of phosphoric ester groups is 1. The molecule has 0 radical (unpaired) electrons. The van der Waals surface area contributed by atoms with E-state index in [1.54, 1.807) is 11.8 Å². The van der Waals surface area contributed by atoms with Crippen LogP contribution in [0.2, 0.25) is 0 Å². The number of aliphatic hydroxyl groups is 3. The van der Waals surface area contributed by atoms with Gasteiger partial charge in [-0.15, -0.1) is 0 Å². The zero-order valence-electron chi connectivity index (χ0n) is 20.0. The van der Waals surface area contributed by atoms with E-state index >= 15 is 0 Å². The Hall–Kier alpha value is -0.0500. The SMILES string of the molecule is CCCCCCCCCCCCCCC(C)OP(=O)(O)O.OCCN(CCO)CCO. The molecule has 0 spiro atoms. The fourth-order valence-corrected chi connectivity index (χ4v) is 3.89. The molecule has 1 atom stereocenters. The van der Waals surface area contributed by atoms with Crippen LogP contribution in [0.1, 0.15) is 97.3 Å². The van der Waals surface area contributed by atoms with Crippen molar-refractivity contribution in [1.29, 1.82) is 0 Å². The first-order valence-corrected chi connectivity index (χ1v) is 13.6. The maximum Gasteiger partial charge on any atom is 0.469 e. The minimum Gasteiger partial charge on any atom is -0.395 e. The zero-order chi connectivity index (χ0) is 23.8. The normalized spacial score (nSPS) is 12.6. The lowest BCUT2D eigenvalue weighted by atomic mass is 10.0. The van der Waals surface area contributed by atoms with Gasteiger partial charge in [0.25, 0.3) is 0 Å². The summed E-state index contributed by atoms with van der Waals surface area (Å²) >= 11 is 0. The second-order valence-corrected chi connectivity index (χ2v) is 9.29. The third-order valence-electron chi connectivity index (χ3n) is 5.03. The fraction of sp³-hybridized carbons (Fsp3) is 1.00. The van der Waals surface area contributed by atoms with Crippen molar-refractivity contribution >= 4 is 7.82 Å². The van der Waals surface area contributed by atoms with Crippen molar-refractivity contribution in [2.45, 2.75) is 103 Å². The van der Waals surface area contributed by atoms with E-state index in [0.29, 0.717) is 19.6 Å². The first kappa shape index (κ1) is 33.1. The number of aliphatic hydroxyl groups excluding tert-OH is 3. The van der Waals surface area contributed by atoms with Gasteiger partial charge in [-0.1, -0.05) is 84.0 Å². The van der Waals surface area contributed by atoms with Crippen molar-refractivity contribution in [3.05, 3.63) is 0 Å². The monoisotopic (exact) mass is 471 g/mol. The van der Waals surface area contributed by atoms with Gasteiger partial charge in [0.1, 0.15) is 0 Å². The van der Waals surface area contributed by atoms with Crippen molar-refractivity contribution in [2.75, 3.05) is 39.5 Å². The first-order valence-electron chi connectivity index (χ1n) is 12.1. The van der Waals surface area contributed by atoms with Gasteiger partial charge >= 0.3 is 7.82 Å². The molecular weight excluding hydrogens is 421 g/mol. The molecule has 0 bridgehead atoms. The molecule has 0 fully saturated rings. The van der Waals surface area contributed by atoms with E-state index in [9.17, 15) is 4.57 Å². The molecule has 0 saturated carbocycles. The van der Waals surface area contributed by atoms with E-state index < -0.39 is 7.82 Å². The van der Waals surface area contributed by atoms with E-state index in [0.717, 1.165) is 19.3 Å². The topological polar surface area (TPSA) is 131 Å². The molecule has 0 aromatic heterocycles. The van der Waals surface area contributed by atoms with Crippen LogP contribution in [0, 0.1) is 0 Å². The van der Waals surface area contributed by atoms with Crippen LogP contribution in [-0.2, 0) is 9.09 Å². The lowest BCUT2D eigenvalue weighted by Crippen LogP contribution is -2.32. The summed E-state index contributed by atoms with van der Waals surface area (Å²) in [6, 6.07) is 0. The lowest BCUT2D eigenvalue weighted by Gasteiger charge is -2.17. The molecular formula is C22H50NO7P. The highest BCUT2D eigenvalue weighted by molar-refractivity contribution is 7.46. The van der Waals surface area contributed by atoms with Crippen molar-refractivity contribution in [3.8, 4) is 0 Å². The molecule has 9 heteroatoms. The molecule has 0 rings (SSSR count). The molecule has 0 saturated heterocycles. The van der Waals surface area contributed by atoms with Gasteiger partial charge in [-0.05, 0) is 13.3 Å². The van der Waals surface area contributed by atoms with Crippen LogP contribution < -0.4 is 0 Å². The Bertz CT molecular complexity index is 382. The van der Waals surface area contributed by atoms with Gasteiger partial charge in [-0.3, -0.25) is 9.42 Å². The van der Waals surface area contributed by atoms with E-state index in [-0.39, 0.29) is 25.9 Å². The largest absolute Gasteiger partial charge is 0.469 e. The second kappa shape index (κ2) is 24.6. The van der Waals surface area contributed by atoms with Crippen LogP contribution in [0.25, 0.3) is 0 Å². The van der Waals surface area contributed by atoms with Gasteiger partial charge < -0.3 is 25.1 Å². The third-order valence-corrected chi connectivity index (χ3v) is 5.66. The molecule has 8 nitrogen and oxygen atoms in total. The smallest absolute Gasteiger partial charge is 0.395 e. The van der Waals surface area contributed by atoms with Crippen LogP contribution in [0.3, 0.4) is 0 Å². The molecule has 31 heavy (non-hydrogen) atoms. The maximum absolute atomic E-state index is 10.6. The minimum absolute atomic E-state index is 0.0694. The molecule has 0 aromatic rings. The molecule has 1 unspecified atom stereocenters. The summed E-state index contributed by atoms with van der Waals surface area (Å²) in [4.78, 5) is 19.1. The maximum atomic E-state index is 10.6. The van der Waals surface area contributed by atoms with Crippen LogP contribution in [-0.4, -0.2) is 75.6 Å². The fourth-order valence-electron chi connectivity index (χ4n) is 3.32. The first-order chi connectivity index (χ1) is 14.8. The number of phosphoric acid groups is 1. The predicted molar refractivity (Wildman–Crippen MR) is 126 cm³/mol. The molecule has 0 aliphatic heterocycles. The third kappa shape index (κ3) is 29.9. The summed E-state index contributed by atoms with van der Waals surface area (Å²) in [6.45, 7) is 5.72. The van der Waals surface area contributed by atoms with Crippen LogP contribution in [0.15, 0.2) is 0 Å². The van der Waals surface area contributed by atoms with Gasteiger partial charge in [-0.25, -0.2) is 4.57 Å². The van der Waals surface area contributed by atoms with Crippen molar-refractivity contribution in [1.82, 2.24) is 4.90 Å². The van der Waals surface area contributed by atoms with Gasteiger partial charge in [0.05, 0.1) is 25.9 Å².